The van der Waals surface area contributed by atoms with Crippen molar-refractivity contribution in [1.82, 2.24) is 20.2 Å². The first kappa shape index (κ1) is 18.4. The van der Waals surface area contributed by atoms with E-state index in [9.17, 15) is 4.79 Å². The third kappa shape index (κ3) is 4.67. The summed E-state index contributed by atoms with van der Waals surface area (Å²) in [6, 6.07) is 16.5. The van der Waals surface area contributed by atoms with Gasteiger partial charge in [0.25, 0.3) is 5.91 Å². The minimum atomic E-state index is -0.0491. The van der Waals surface area contributed by atoms with Crippen LogP contribution in [0.3, 0.4) is 0 Å². The van der Waals surface area contributed by atoms with E-state index in [1.807, 2.05) is 18.2 Å². The molecule has 1 aliphatic heterocycles. The largest absolute Gasteiger partial charge is 0.352 e. The maximum Gasteiger partial charge on any atom is 0.251 e. The molecular formula is C23H26N4O. The van der Waals surface area contributed by atoms with E-state index >= 15 is 0 Å². The zero-order chi connectivity index (χ0) is 19.2. The summed E-state index contributed by atoms with van der Waals surface area (Å²) in [5.74, 6) is -0.0491. The lowest BCUT2D eigenvalue weighted by atomic mass is 10.0. The summed E-state index contributed by atoms with van der Waals surface area (Å²) in [5.41, 5.74) is 5.25. The highest BCUT2D eigenvalue weighted by Gasteiger charge is 2.12. The Hall–Kier alpha value is -2.92. The third-order valence-corrected chi connectivity index (χ3v) is 5.25. The first-order chi connectivity index (χ1) is 13.8. The quantitative estimate of drug-likeness (QED) is 0.664. The first-order valence-corrected chi connectivity index (χ1v) is 9.95. The van der Waals surface area contributed by atoms with E-state index in [1.54, 1.807) is 12.5 Å². The van der Waals surface area contributed by atoms with Gasteiger partial charge in [0.05, 0.1) is 6.33 Å². The molecule has 3 aromatic rings. The van der Waals surface area contributed by atoms with Crippen LogP contribution in [0.5, 0.6) is 0 Å². The van der Waals surface area contributed by atoms with Crippen LogP contribution in [0.4, 0.5) is 0 Å². The fraction of sp³-hybridized carbons (Fsp3) is 0.304. The van der Waals surface area contributed by atoms with Crippen LogP contribution in [0.15, 0.2) is 61.1 Å². The second kappa shape index (κ2) is 8.85. The highest BCUT2D eigenvalue weighted by molar-refractivity contribution is 5.95. The number of rotatable bonds is 7. The molecule has 0 saturated carbocycles. The fourth-order valence-corrected chi connectivity index (χ4v) is 3.68. The van der Waals surface area contributed by atoms with Crippen molar-refractivity contribution in [3.05, 3.63) is 77.9 Å². The van der Waals surface area contributed by atoms with Gasteiger partial charge >= 0.3 is 0 Å². The number of hydrogen-bond donors (Lipinski definition) is 2. The molecule has 0 bridgehead atoms. The van der Waals surface area contributed by atoms with Crippen molar-refractivity contribution in [3.63, 3.8) is 0 Å². The van der Waals surface area contributed by atoms with Crippen LogP contribution in [0.25, 0.3) is 11.1 Å². The van der Waals surface area contributed by atoms with Crippen molar-refractivity contribution in [1.29, 1.82) is 0 Å². The van der Waals surface area contributed by atoms with Gasteiger partial charge in [0.1, 0.15) is 0 Å². The van der Waals surface area contributed by atoms with Gasteiger partial charge in [0.2, 0.25) is 0 Å². The number of carbonyl (C=O) groups is 1. The van der Waals surface area contributed by atoms with Gasteiger partial charge in [-0.1, -0.05) is 36.4 Å². The Labute approximate surface area is 165 Å². The summed E-state index contributed by atoms with van der Waals surface area (Å²) < 4.78 is 0. The molecule has 144 valence electrons. The SMILES string of the molecule is O=C(NCCc1cnc[nH]1)c1cccc(-c2ccc(CN3CCCC3)cc2)c1. The molecule has 0 spiro atoms. The monoisotopic (exact) mass is 374 g/mol. The Morgan fingerprint density at radius 3 is 2.64 bits per heavy atom. The number of aromatic amines is 1. The van der Waals surface area contributed by atoms with Gasteiger partial charge in [-0.3, -0.25) is 9.69 Å². The minimum absolute atomic E-state index is 0.0491. The zero-order valence-electron chi connectivity index (χ0n) is 16.0. The van der Waals surface area contributed by atoms with E-state index in [1.165, 1.54) is 31.5 Å². The van der Waals surface area contributed by atoms with Crippen LogP contribution in [0.1, 0.15) is 34.5 Å². The lowest BCUT2D eigenvalue weighted by Gasteiger charge is -2.14. The number of benzene rings is 2. The molecule has 2 heterocycles. The Bertz CT molecular complexity index is 897. The summed E-state index contributed by atoms with van der Waals surface area (Å²) in [6.45, 7) is 4.02. The summed E-state index contributed by atoms with van der Waals surface area (Å²) in [7, 11) is 0. The molecule has 0 atom stereocenters. The van der Waals surface area contributed by atoms with Crippen LogP contribution in [-0.4, -0.2) is 40.4 Å². The van der Waals surface area contributed by atoms with E-state index in [0.717, 1.165) is 29.8 Å². The van der Waals surface area contributed by atoms with E-state index in [2.05, 4.69) is 50.5 Å². The molecule has 28 heavy (non-hydrogen) atoms. The average Bonchev–Trinajstić information content (AvgIpc) is 3.43. The maximum absolute atomic E-state index is 12.5. The van der Waals surface area contributed by atoms with Crippen molar-refractivity contribution < 1.29 is 4.79 Å². The minimum Gasteiger partial charge on any atom is -0.352 e. The number of aromatic nitrogens is 2. The molecule has 0 unspecified atom stereocenters. The summed E-state index contributed by atoms with van der Waals surface area (Å²) >= 11 is 0. The standard InChI is InChI=1S/C23H26N4O/c28-23(25-11-10-22-15-24-17-26-22)21-5-3-4-20(14-21)19-8-6-18(7-9-19)16-27-12-1-2-13-27/h3-9,14-15,17H,1-2,10-13,16H2,(H,24,26)(H,25,28). The molecule has 1 amide bonds. The molecule has 0 radical (unpaired) electrons. The highest BCUT2D eigenvalue weighted by Crippen LogP contribution is 2.22. The number of likely N-dealkylation sites (tertiary alicyclic amines) is 1. The summed E-state index contributed by atoms with van der Waals surface area (Å²) in [4.78, 5) is 22.0. The van der Waals surface area contributed by atoms with Gasteiger partial charge in [-0.2, -0.15) is 0 Å². The topological polar surface area (TPSA) is 61.0 Å². The van der Waals surface area contributed by atoms with Crippen molar-refractivity contribution in [2.24, 2.45) is 0 Å². The Morgan fingerprint density at radius 1 is 1.07 bits per heavy atom. The van der Waals surface area contributed by atoms with Crippen molar-refractivity contribution >= 4 is 5.91 Å². The maximum atomic E-state index is 12.5. The van der Waals surface area contributed by atoms with Gasteiger partial charge in [-0.05, 0) is 54.8 Å². The van der Waals surface area contributed by atoms with Crippen molar-refractivity contribution in [2.75, 3.05) is 19.6 Å². The number of nitrogens with zero attached hydrogens (tertiary/aromatic N) is 2. The van der Waals surface area contributed by atoms with Crippen molar-refractivity contribution in [2.45, 2.75) is 25.8 Å². The Balaban J connectivity index is 1.37. The Morgan fingerprint density at radius 2 is 1.89 bits per heavy atom. The fourth-order valence-electron chi connectivity index (χ4n) is 3.68. The normalized spacial score (nSPS) is 14.3. The number of hydrogen-bond acceptors (Lipinski definition) is 3. The second-order valence-corrected chi connectivity index (χ2v) is 7.34. The van der Waals surface area contributed by atoms with E-state index in [-0.39, 0.29) is 5.91 Å². The molecule has 2 aromatic carbocycles. The average molecular weight is 374 g/mol. The third-order valence-electron chi connectivity index (χ3n) is 5.25. The lowest BCUT2D eigenvalue weighted by Crippen LogP contribution is -2.25. The summed E-state index contributed by atoms with van der Waals surface area (Å²) in [5, 5.41) is 2.97. The van der Waals surface area contributed by atoms with Gasteiger partial charge in [0.15, 0.2) is 0 Å². The molecular weight excluding hydrogens is 348 g/mol. The predicted molar refractivity (Wildman–Crippen MR) is 111 cm³/mol. The molecule has 2 N–H and O–H groups in total. The molecule has 4 rings (SSSR count). The zero-order valence-corrected chi connectivity index (χ0v) is 16.0. The highest BCUT2D eigenvalue weighted by atomic mass is 16.1. The van der Waals surface area contributed by atoms with E-state index < -0.39 is 0 Å². The van der Waals surface area contributed by atoms with Gasteiger partial charge in [0, 0.05) is 37.0 Å². The molecule has 5 heteroatoms. The van der Waals surface area contributed by atoms with Crippen LogP contribution in [0, 0.1) is 0 Å². The Kier molecular flexibility index (Phi) is 5.83. The molecule has 1 fully saturated rings. The summed E-state index contributed by atoms with van der Waals surface area (Å²) in [6.07, 6.45) is 6.80. The smallest absolute Gasteiger partial charge is 0.251 e. The molecule has 1 aromatic heterocycles. The van der Waals surface area contributed by atoms with Gasteiger partial charge < -0.3 is 10.3 Å². The lowest BCUT2D eigenvalue weighted by molar-refractivity contribution is 0.0954. The number of nitrogens with one attached hydrogen (secondary N) is 2. The van der Waals surface area contributed by atoms with E-state index in [0.29, 0.717) is 12.1 Å². The van der Waals surface area contributed by atoms with Crippen molar-refractivity contribution in [3.8, 4) is 11.1 Å². The number of amides is 1. The van der Waals surface area contributed by atoms with Gasteiger partial charge in [-0.15, -0.1) is 0 Å². The molecule has 0 aliphatic carbocycles. The van der Waals surface area contributed by atoms with Crippen LogP contribution in [0.2, 0.25) is 0 Å². The molecule has 1 saturated heterocycles. The molecule has 5 nitrogen and oxygen atoms in total. The number of imidazole rings is 1. The molecule has 1 aliphatic rings. The first-order valence-electron chi connectivity index (χ1n) is 9.95. The van der Waals surface area contributed by atoms with Gasteiger partial charge in [-0.25, -0.2) is 4.98 Å². The predicted octanol–water partition coefficient (Wildman–Crippen LogP) is 3.65. The second-order valence-electron chi connectivity index (χ2n) is 7.34. The van der Waals surface area contributed by atoms with Crippen LogP contribution >= 0.6 is 0 Å². The number of carbonyl (C=O) groups excluding carboxylic acids is 1. The van der Waals surface area contributed by atoms with E-state index in [4.69, 9.17) is 0 Å². The number of H-pyrrole nitrogens is 1. The van der Waals surface area contributed by atoms with Crippen LogP contribution < -0.4 is 5.32 Å². The van der Waals surface area contributed by atoms with Crippen LogP contribution in [-0.2, 0) is 13.0 Å².